The zero-order valence-electron chi connectivity index (χ0n) is 9.32. The van der Waals surface area contributed by atoms with Crippen LogP contribution in [0.3, 0.4) is 0 Å². The largest absolute Gasteiger partial charge is 0.326 e. The second kappa shape index (κ2) is 3.35. The van der Waals surface area contributed by atoms with Gasteiger partial charge in [-0.2, -0.15) is 0 Å². The van der Waals surface area contributed by atoms with E-state index in [1.54, 1.807) is 4.90 Å². The lowest BCUT2D eigenvalue weighted by Gasteiger charge is -2.26. The van der Waals surface area contributed by atoms with E-state index in [2.05, 4.69) is 5.32 Å². The summed E-state index contributed by atoms with van der Waals surface area (Å²) in [6, 6.07) is 9.62. The van der Waals surface area contributed by atoms with Crippen molar-refractivity contribution >= 4 is 5.91 Å². The van der Waals surface area contributed by atoms with Gasteiger partial charge in [-0.3, -0.25) is 10.1 Å². The van der Waals surface area contributed by atoms with E-state index in [1.165, 1.54) is 0 Å². The molecule has 0 unspecified atom stereocenters. The zero-order valence-corrected chi connectivity index (χ0v) is 9.32. The molecule has 1 aliphatic heterocycles. The Bertz CT molecular complexity index is 372. The number of amides is 1. The van der Waals surface area contributed by atoms with Crippen LogP contribution in [-0.4, -0.2) is 23.5 Å². The summed E-state index contributed by atoms with van der Waals surface area (Å²) in [4.78, 5) is 13.7. The standard InChI is InChI=1S/C12H16N2O/c1-12(2)13-10(11(15)14(12)3)9-7-5-4-6-8-9/h4-8,10,13H,1-3H3/t10-/m1/s1. The Hall–Kier alpha value is -1.35. The summed E-state index contributed by atoms with van der Waals surface area (Å²) >= 11 is 0. The van der Waals surface area contributed by atoms with Crippen molar-refractivity contribution in [3.8, 4) is 0 Å². The van der Waals surface area contributed by atoms with E-state index in [9.17, 15) is 4.79 Å². The molecule has 1 amide bonds. The Morgan fingerprint density at radius 3 is 2.33 bits per heavy atom. The molecular weight excluding hydrogens is 188 g/mol. The van der Waals surface area contributed by atoms with Crippen molar-refractivity contribution in [2.75, 3.05) is 7.05 Å². The maximum absolute atomic E-state index is 12.0. The maximum atomic E-state index is 12.0. The summed E-state index contributed by atoms with van der Waals surface area (Å²) in [6.07, 6.45) is 0. The Morgan fingerprint density at radius 1 is 1.27 bits per heavy atom. The lowest BCUT2D eigenvalue weighted by molar-refractivity contribution is -0.130. The quantitative estimate of drug-likeness (QED) is 0.752. The number of nitrogens with zero attached hydrogens (tertiary/aromatic N) is 1. The molecule has 0 aromatic heterocycles. The molecule has 1 atom stereocenters. The fourth-order valence-electron chi connectivity index (χ4n) is 1.85. The first-order chi connectivity index (χ1) is 7.02. The minimum atomic E-state index is -0.266. The van der Waals surface area contributed by atoms with Crippen LogP contribution < -0.4 is 5.32 Å². The second-order valence-corrected chi connectivity index (χ2v) is 4.44. The van der Waals surface area contributed by atoms with Crippen LogP contribution in [0.2, 0.25) is 0 Å². The first-order valence-corrected chi connectivity index (χ1v) is 5.13. The number of nitrogens with one attached hydrogen (secondary N) is 1. The molecule has 1 fully saturated rings. The highest BCUT2D eigenvalue weighted by Crippen LogP contribution is 2.28. The third-order valence-corrected chi connectivity index (χ3v) is 3.05. The van der Waals surface area contributed by atoms with Gasteiger partial charge in [-0.05, 0) is 19.4 Å². The van der Waals surface area contributed by atoms with Crippen LogP contribution in [0, 0.1) is 0 Å². The van der Waals surface area contributed by atoms with Gasteiger partial charge < -0.3 is 4.90 Å². The van der Waals surface area contributed by atoms with E-state index in [0.717, 1.165) is 5.56 Å². The molecule has 1 N–H and O–H groups in total. The van der Waals surface area contributed by atoms with Gasteiger partial charge in [0.15, 0.2) is 0 Å². The van der Waals surface area contributed by atoms with Gasteiger partial charge in [0, 0.05) is 7.05 Å². The predicted molar refractivity (Wildman–Crippen MR) is 59.2 cm³/mol. The number of likely N-dealkylation sites (N-methyl/N-ethyl adjacent to an activating group) is 1. The number of rotatable bonds is 1. The van der Waals surface area contributed by atoms with Gasteiger partial charge in [0.1, 0.15) is 6.04 Å². The van der Waals surface area contributed by atoms with Gasteiger partial charge in [0.2, 0.25) is 5.91 Å². The van der Waals surface area contributed by atoms with Crippen molar-refractivity contribution in [1.29, 1.82) is 0 Å². The number of hydrogen-bond acceptors (Lipinski definition) is 2. The Kier molecular flexibility index (Phi) is 2.27. The summed E-state index contributed by atoms with van der Waals surface area (Å²) in [6.45, 7) is 4.02. The summed E-state index contributed by atoms with van der Waals surface area (Å²) in [7, 11) is 1.83. The second-order valence-electron chi connectivity index (χ2n) is 4.44. The van der Waals surface area contributed by atoms with Gasteiger partial charge >= 0.3 is 0 Å². The van der Waals surface area contributed by atoms with E-state index < -0.39 is 0 Å². The molecule has 1 aromatic rings. The zero-order chi connectivity index (χ0) is 11.1. The number of carbonyl (C=O) groups excluding carboxylic acids is 1. The smallest absolute Gasteiger partial charge is 0.245 e. The van der Waals surface area contributed by atoms with E-state index >= 15 is 0 Å². The fourth-order valence-corrected chi connectivity index (χ4v) is 1.85. The molecule has 3 nitrogen and oxygen atoms in total. The lowest BCUT2D eigenvalue weighted by Crippen LogP contribution is -2.44. The van der Waals surface area contributed by atoms with Gasteiger partial charge in [-0.25, -0.2) is 0 Å². The topological polar surface area (TPSA) is 32.3 Å². The summed E-state index contributed by atoms with van der Waals surface area (Å²) in [5.74, 6) is 0.131. The third kappa shape index (κ3) is 1.63. The average molecular weight is 204 g/mol. The lowest BCUT2D eigenvalue weighted by atomic mass is 10.1. The van der Waals surface area contributed by atoms with Crippen LogP contribution in [0.25, 0.3) is 0 Å². The van der Waals surface area contributed by atoms with E-state index in [-0.39, 0.29) is 17.6 Å². The fraction of sp³-hybridized carbons (Fsp3) is 0.417. The molecule has 80 valence electrons. The minimum absolute atomic E-state index is 0.131. The highest BCUT2D eigenvalue weighted by atomic mass is 16.2. The van der Waals surface area contributed by atoms with Crippen molar-refractivity contribution in [1.82, 2.24) is 10.2 Å². The molecule has 0 saturated carbocycles. The van der Waals surface area contributed by atoms with Gasteiger partial charge in [-0.15, -0.1) is 0 Å². The first-order valence-electron chi connectivity index (χ1n) is 5.13. The molecule has 0 radical (unpaired) electrons. The molecule has 1 aliphatic rings. The Labute approximate surface area is 90.1 Å². The van der Waals surface area contributed by atoms with Crippen LogP contribution in [-0.2, 0) is 4.79 Å². The molecule has 15 heavy (non-hydrogen) atoms. The summed E-state index contributed by atoms with van der Waals surface area (Å²) in [5, 5.41) is 3.32. The number of hydrogen-bond donors (Lipinski definition) is 1. The van der Waals surface area contributed by atoms with Crippen LogP contribution >= 0.6 is 0 Å². The highest BCUT2D eigenvalue weighted by Gasteiger charge is 2.42. The maximum Gasteiger partial charge on any atom is 0.245 e. The molecule has 1 aromatic carbocycles. The molecule has 0 bridgehead atoms. The van der Waals surface area contributed by atoms with Crippen molar-refractivity contribution < 1.29 is 4.79 Å². The van der Waals surface area contributed by atoms with Crippen LogP contribution in [0.15, 0.2) is 30.3 Å². The molecule has 0 aliphatic carbocycles. The SMILES string of the molecule is CN1C(=O)[C@@H](c2ccccc2)NC1(C)C. The van der Waals surface area contributed by atoms with Gasteiger partial charge in [0.05, 0.1) is 5.66 Å². The van der Waals surface area contributed by atoms with Crippen LogP contribution in [0.1, 0.15) is 25.5 Å². The molecule has 1 heterocycles. The Morgan fingerprint density at radius 2 is 1.87 bits per heavy atom. The monoisotopic (exact) mass is 204 g/mol. The van der Waals surface area contributed by atoms with E-state index in [4.69, 9.17) is 0 Å². The molecule has 0 spiro atoms. The predicted octanol–water partition coefficient (Wildman–Crippen LogP) is 1.53. The summed E-state index contributed by atoms with van der Waals surface area (Å²) < 4.78 is 0. The van der Waals surface area contributed by atoms with Gasteiger partial charge in [0.25, 0.3) is 0 Å². The van der Waals surface area contributed by atoms with Crippen molar-refractivity contribution in [2.45, 2.75) is 25.6 Å². The van der Waals surface area contributed by atoms with Crippen molar-refractivity contribution in [3.05, 3.63) is 35.9 Å². The average Bonchev–Trinajstić information content (AvgIpc) is 2.44. The molecular formula is C12H16N2O. The van der Waals surface area contributed by atoms with Crippen LogP contribution in [0.4, 0.5) is 0 Å². The van der Waals surface area contributed by atoms with E-state index in [1.807, 2.05) is 51.2 Å². The third-order valence-electron chi connectivity index (χ3n) is 3.05. The first kappa shape index (κ1) is 10.2. The minimum Gasteiger partial charge on any atom is -0.326 e. The van der Waals surface area contributed by atoms with Crippen molar-refractivity contribution in [3.63, 3.8) is 0 Å². The summed E-state index contributed by atoms with van der Waals surface area (Å²) in [5.41, 5.74) is 0.761. The Balaban J connectivity index is 2.31. The molecule has 1 saturated heterocycles. The number of carbonyl (C=O) groups is 1. The van der Waals surface area contributed by atoms with E-state index in [0.29, 0.717) is 0 Å². The van der Waals surface area contributed by atoms with Gasteiger partial charge in [-0.1, -0.05) is 30.3 Å². The normalized spacial score (nSPS) is 24.6. The number of benzene rings is 1. The molecule has 2 rings (SSSR count). The van der Waals surface area contributed by atoms with Crippen LogP contribution in [0.5, 0.6) is 0 Å². The highest BCUT2D eigenvalue weighted by molar-refractivity contribution is 5.86. The molecule has 3 heteroatoms. The van der Waals surface area contributed by atoms with Crippen molar-refractivity contribution in [2.24, 2.45) is 0 Å².